The number of carbonyl (C=O) groups is 1. The van der Waals surface area contributed by atoms with Gasteiger partial charge in [0.05, 0.1) is 5.69 Å². The molecule has 2 aromatic rings. The summed E-state index contributed by atoms with van der Waals surface area (Å²) in [6.07, 6.45) is 1.46. The van der Waals surface area contributed by atoms with Crippen molar-refractivity contribution in [1.82, 2.24) is 15.2 Å². The highest BCUT2D eigenvalue weighted by Gasteiger charge is 2.44. The Morgan fingerprint density at radius 2 is 2.08 bits per heavy atom. The number of aliphatic imine (C=N–C) groups is 1. The number of nitrogens with zero attached hydrogens (tertiary/aromatic N) is 3. The summed E-state index contributed by atoms with van der Waals surface area (Å²) in [5.41, 5.74) is 1.23. The average Bonchev–Trinajstić information content (AvgIpc) is 3.10. The lowest BCUT2D eigenvalue weighted by Gasteiger charge is -2.35. The third-order valence-electron chi connectivity index (χ3n) is 5.12. The third kappa shape index (κ3) is 3.15. The van der Waals surface area contributed by atoms with Crippen molar-refractivity contribution in [2.75, 3.05) is 13.1 Å². The second-order valence-corrected chi connectivity index (χ2v) is 7.43. The van der Waals surface area contributed by atoms with Gasteiger partial charge in [-0.05, 0) is 44.9 Å². The molecule has 1 aromatic heterocycles. The van der Waals surface area contributed by atoms with E-state index in [1.54, 1.807) is 0 Å². The Morgan fingerprint density at radius 1 is 1.31 bits per heavy atom. The van der Waals surface area contributed by atoms with Crippen LogP contribution in [0.1, 0.15) is 31.2 Å². The van der Waals surface area contributed by atoms with E-state index in [0.717, 1.165) is 48.8 Å². The average molecular weight is 373 g/mol. The Hall–Kier alpha value is -2.18. The molecule has 1 spiro atoms. The van der Waals surface area contributed by atoms with Gasteiger partial charge in [0.2, 0.25) is 5.89 Å². The van der Waals surface area contributed by atoms with E-state index in [1.807, 2.05) is 38.1 Å². The van der Waals surface area contributed by atoms with E-state index in [4.69, 9.17) is 16.0 Å². The van der Waals surface area contributed by atoms with Gasteiger partial charge in [0.1, 0.15) is 17.1 Å². The van der Waals surface area contributed by atoms with Crippen LogP contribution in [-0.2, 0) is 11.3 Å². The van der Waals surface area contributed by atoms with E-state index in [2.05, 4.69) is 20.2 Å². The molecule has 2 aliphatic rings. The van der Waals surface area contributed by atoms with E-state index < -0.39 is 5.54 Å². The van der Waals surface area contributed by atoms with Gasteiger partial charge in [-0.2, -0.15) is 0 Å². The summed E-state index contributed by atoms with van der Waals surface area (Å²) in [6.45, 7) is 6.09. The van der Waals surface area contributed by atoms with Gasteiger partial charge in [-0.1, -0.05) is 17.7 Å². The van der Waals surface area contributed by atoms with Crippen molar-refractivity contribution in [2.24, 2.45) is 4.99 Å². The number of nitrogens with one attached hydrogen (secondary N) is 1. The lowest BCUT2D eigenvalue weighted by Crippen LogP contribution is -2.48. The molecule has 4 rings (SSSR count). The van der Waals surface area contributed by atoms with Gasteiger partial charge in [0.15, 0.2) is 0 Å². The minimum atomic E-state index is -0.564. The summed E-state index contributed by atoms with van der Waals surface area (Å²) < 4.78 is 5.84. The zero-order valence-corrected chi connectivity index (χ0v) is 15.6. The predicted molar refractivity (Wildman–Crippen MR) is 100 cm³/mol. The first-order valence-corrected chi connectivity index (χ1v) is 9.15. The van der Waals surface area contributed by atoms with E-state index in [1.165, 1.54) is 0 Å². The maximum absolute atomic E-state index is 12.2. The standard InChI is InChI=1S/C19H21ClN4O2/c1-12-16(22-17(26-12)14-4-3-5-15(20)10-14)11-24-8-6-19(7-9-24)18(25)21-13(2)23-19/h3-5,10H,6-9,11H2,1-2H3,(H,21,23,25). The van der Waals surface area contributed by atoms with Crippen molar-refractivity contribution in [3.05, 3.63) is 40.7 Å². The summed E-state index contributed by atoms with van der Waals surface area (Å²) >= 11 is 6.06. The first kappa shape index (κ1) is 17.2. The molecule has 0 radical (unpaired) electrons. The summed E-state index contributed by atoms with van der Waals surface area (Å²) in [5.74, 6) is 2.16. The van der Waals surface area contributed by atoms with Gasteiger partial charge in [0.25, 0.3) is 5.91 Å². The topological polar surface area (TPSA) is 70.7 Å². The van der Waals surface area contributed by atoms with Crippen LogP contribution in [0.5, 0.6) is 0 Å². The highest BCUT2D eigenvalue weighted by molar-refractivity contribution is 6.30. The van der Waals surface area contributed by atoms with Crippen molar-refractivity contribution in [3.8, 4) is 11.5 Å². The lowest BCUT2D eigenvalue weighted by atomic mass is 9.88. The molecule has 1 aromatic carbocycles. The minimum Gasteiger partial charge on any atom is -0.441 e. The lowest BCUT2D eigenvalue weighted by molar-refractivity contribution is -0.125. The maximum Gasteiger partial charge on any atom is 0.253 e. The van der Waals surface area contributed by atoms with Crippen LogP contribution in [0.25, 0.3) is 11.5 Å². The number of piperidine rings is 1. The summed E-state index contributed by atoms with van der Waals surface area (Å²) in [4.78, 5) is 23.7. The molecule has 6 nitrogen and oxygen atoms in total. The van der Waals surface area contributed by atoms with E-state index in [9.17, 15) is 4.79 Å². The predicted octanol–water partition coefficient (Wildman–Crippen LogP) is 3.19. The van der Waals surface area contributed by atoms with Gasteiger partial charge >= 0.3 is 0 Å². The third-order valence-corrected chi connectivity index (χ3v) is 5.35. The Bertz CT molecular complexity index is 881. The quantitative estimate of drug-likeness (QED) is 0.898. The van der Waals surface area contributed by atoms with Gasteiger partial charge in [-0.15, -0.1) is 0 Å². The first-order valence-electron chi connectivity index (χ1n) is 8.78. The number of hydrogen-bond acceptors (Lipinski definition) is 5. The molecular weight excluding hydrogens is 352 g/mol. The fourth-order valence-electron chi connectivity index (χ4n) is 3.63. The number of hydrogen-bond donors (Lipinski definition) is 1. The number of rotatable bonds is 3. The molecule has 0 aliphatic carbocycles. The number of amidine groups is 1. The van der Waals surface area contributed by atoms with E-state index in [0.29, 0.717) is 17.5 Å². The summed E-state index contributed by atoms with van der Waals surface area (Å²) in [5, 5.41) is 3.49. The van der Waals surface area contributed by atoms with Gasteiger partial charge in [-0.25, -0.2) is 4.98 Å². The molecule has 3 heterocycles. The summed E-state index contributed by atoms with van der Waals surface area (Å²) in [7, 11) is 0. The van der Waals surface area contributed by atoms with E-state index >= 15 is 0 Å². The SMILES string of the molecule is CC1=NC2(CCN(Cc3nc(-c4cccc(Cl)c4)oc3C)CC2)C(=O)N1. The zero-order valence-electron chi connectivity index (χ0n) is 14.9. The van der Waals surface area contributed by atoms with Crippen LogP contribution in [0.15, 0.2) is 33.7 Å². The molecule has 1 amide bonds. The van der Waals surface area contributed by atoms with Crippen molar-refractivity contribution in [3.63, 3.8) is 0 Å². The van der Waals surface area contributed by atoms with Crippen LogP contribution in [0.3, 0.4) is 0 Å². The Balaban J connectivity index is 1.45. The van der Waals surface area contributed by atoms with Crippen LogP contribution in [0.2, 0.25) is 5.02 Å². The molecule has 136 valence electrons. The molecule has 1 N–H and O–H groups in total. The van der Waals surface area contributed by atoms with Crippen LogP contribution in [0, 0.1) is 6.92 Å². The molecular formula is C19H21ClN4O2. The van der Waals surface area contributed by atoms with Crippen molar-refractivity contribution in [1.29, 1.82) is 0 Å². The Labute approximate surface area is 157 Å². The van der Waals surface area contributed by atoms with Crippen molar-refractivity contribution in [2.45, 2.75) is 38.8 Å². The molecule has 0 atom stereocenters. The Morgan fingerprint density at radius 3 is 2.73 bits per heavy atom. The highest BCUT2D eigenvalue weighted by atomic mass is 35.5. The number of halogens is 1. The fraction of sp³-hybridized carbons (Fsp3) is 0.421. The van der Waals surface area contributed by atoms with Gasteiger partial charge in [-0.3, -0.25) is 14.7 Å². The number of carbonyl (C=O) groups excluding carboxylic acids is 1. The molecule has 0 bridgehead atoms. The number of oxazole rings is 1. The number of amides is 1. The monoisotopic (exact) mass is 372 g/mol. The van der Waals surface area contributed by atoms with Crippen LogP contribution in [0.4, 0.5) is 0 Å². The zero-order chi connectivity index (χ0) is 18.3. The number of aromatic nitrogens is 1. The van der Waals surface area contributed by atoms with Crippen molar-refractivity contribution >= 4 is 23.3 Å². The molecule has 0 unspecified atom stereocenters. The minimum absolute atomic E-state index is 0.0375. The van der Waals surface area contributed by atoms with Crippen LogP contribution in [-0.4, -0.2) is 40.3 Å². The molecule has 26 heavy (non-hydrogen) atoms. The van der Waals surface area contributed by atoms with E-state index in [-0.39, 0.29) is 5.91 Å². The molecule has 1 saturated heterocycles. The fourth-order valence-corrected chi connectivity index (χ4v) is 3.82. The second kappa shape index (κ2) is 6.52. The highest BCUT2D eigenvalue weighted by Crippen LogP contribution is 2.31. The molecule has 1 fully saturated rings. The normalized spacial score (nSPS) is 19.7. The number of aryl methyl sites for hydroxylation is 1. The smallest absolute Gasteiger partial charge is 0.253 e. The summed E-state index contributed by atoms with van der Waals surface area (Å²) in [6, 6.07) is 7.50. The largest absolute Gasteiger partial charge is 0.441 e. The van der Waals surface area contributed by atoms with Gasteiger partial charge < -0.3 is 9.73 Å². The molecule has 2 aliphatic heterocycles. The van der Waals surface area contributed by atoms with Crippen molar-refractivity contribution < 1.29 is 9.21 Å². The molecule has 0 saturated carbocycles. The van der Waals surface area contributed by atoms with Gasteiger partial charge in [0, 0.05) is 30.2 Å². The molecule has 7 heteroatoms. The maximum atomic E-state index is 12.2. The first-order chi connectivity index (χ1) is 12.4. The second-order valence-electron chi connectivity index (χ2n) is 6.99. The Kier molecular flexibility index (Phi) is 4.32. The number of likely N-dealkylation sites (tertiary alicyclic amines) is 1. The van der Waals surface area contributed by atoms with Crippen LogP contribution >= 0.6 is 11.6 Å². The van der Waals surface area contributed by atoms with Crippen LogP contribution < -0.4 is 5.32 Å². The number of benzene rings is 1.